The van der Waals surface area contributed by atoms with Crippen LogP contribution in [-0.4, -0.2) is 41.0 Å². The van der Waals surface area contributed by atoms with Crippen molar-refractivity contribution in [2.45, 2.75) is 38.6 Å². The van der Waals surface area contributed by atoms with Crippen LogP contribution in [0.5, 0.6) is 0 Å². The second-order valence-corrected chi connectivity index (χ2v) is 6.96. The van der Waals surface area contributed by atoms with Gasteiger partial charge < -0.3 is 15.2 Å². The van der Waals surface area contributed by atoms with E-state index in [1.165, 1.54) is 18.7 Å². The largest absolute Gasteiger partial charge is 0.381 e. The third-order valence-electron chi connectivity index (χ3n) is 3.95. The number of nitrogens with zero attached hydrogens (tertiary/aromatic N) is 2. The number of imidazole rings is 1. The summed E-state index contributed by atoms with van der Waals surface area (Å²) in [5, 5.41) is 3.62. The number of anilines is 1. The summed E-state index contributed by atoms with van der Waals surface area (Å²) in [7, 11) is 2.18. The molecule has 1 saturated heterocycles. The second kappa shape index (κ2) is 4.77. The topological polar surface area (TPSA) is 44.0 Å². The van der Waals surface area contributed by atoms with E-state index in [-0.39, 0.29) is 5.41 Å². The summed E-state index contributed by atoms with van der Waals surface area (Å²) in [6.07, 6.45) is 1.21. The van der Waals surface area contributed by atoms with Crippen LogP contribution in [0.15, 0.2) is 18.2 Å². The molecule has 1 aliphatic rings. The molecule has 0 bridgehead atoms. The molecule has 1 aromatic heterocycles. The first kappa shape index (κ1) is 13.4. The van der Waals surface area contributed by atoms with Gasteiger partial charge in [0.2, 0.25) is 0 Å². The van der Waals surface area contributed by atoms with Crippen molar-refractivity contribution < 1.29 is 0 Å². The van der Waals surface area contributed by atoms with E-state index in [2.05, 4.69) is 66.2 Å². The van der Waals surface area contributed by atoms with Gasteiger partial charge in [0.15, 0.2) is 0 Å². The Bertz CT molecular complexity index is 608. The molecule has 0 spiro atoms. The first-order valence-corrected chi connectivity index (χ1v) is 7.37. The summed E-state index contributed by atoms with van der Waals surface area (Å²) in [5.41, 5.74) is 3.40. The highest BCUT2D eigenvalue weighted by Gasteiger charge is 2.20. The van der Waals surface area contributed by atoms with Gasteiger partial charge in [-0.1, -0.05) is 20.8 Å². The average molecular weight is 272 g/mol. The van der Waals surface area contributed by atoms with Crippen molar-refractivity contribution in [2.75, 3.05) is 25.5 Å². The molecule has 0 saturated carbocycles. The number of aromatic nitrogens is 2. The molecule has 1 unspecified atom stereocenters. The maximum Gasteiger partial charge on any atom is 0.112 e. The molecule has 1 fully saturated rings. The number of benzene rings is 1. The third kappa shape index (κ3) is 2.66. The van der Waals surface area contributed by atoms with Crippen LogP contribution in [0.3, 0.4) is 0 Å². The van der Waals surface area contributed by atoms with Crippen LogP contribution in [0.1, 0.15) is 33.0 Å². The minimum atomic E-state index is 0.0563. The predicted molar refractivity (Wildman–Crippen MR) is 84.3 cm³/mol. The first-order chi connectivity index (χ1) is 9.41. The minimum absolute atomic E-state index is 0.0563. The summed E-state index contributed by atoms with van der Waals surface area (Å²) in [4.78, 5) is 10.5. The van der Waals surface area contributed by atoms with Crippen molar-refractivity contribution in [1.29, 1.82) is 0 Å². The van der Waals surface area contributed by atoms with Gasteiger partial charge in [-0.3, -0.25) is 0 Å². The zero-order valence-electron chi connectivity index (χ0n) is 12.8. The molecule has 4 nitrogen and oxygen atoms in total. The lowest BCUT2D eigenvalue weighted by Gasteiger charge is -2.14. The highest BCUT2D eigenvalue weighted by molar-refractivity contribution is 5.79. The quantitative estimate of drug-likeness (QED) is 0.883. The molecule has 1 aliphatic heterocycles. The monoisotopic (exact) mass is 272 g/mol. The maximum atomic E-state index is 4.68. The van der Waals surface area contributed by atoms with Gasteiger partial charge in [-0.2, -0.15) is 0 Å². The van der Waals surface area contributed by atoms with Gasteiger partial charge >= 0.3 is 0 Å². The van der Waals surface area contributed by atoms with Crippen LogP contribution < -0.4 is 5.32 Å². The van der Waals surface area contributed by atoms with Crippen molar-refractivity contribution in [2.24, 2.45) is 0 Å². The highest BCUT2D eigenvalue weighted by Crippen LogP contribution is 2.25. The Balaban J connectivity index is 1.83. The molecule has 0 amide bonds. The lowest BCUT2D eigenvalue weighted by atomic mass is 9.96. The molecule has 0 radical (unpaired) electrons. The Hall–Kier alpha value is -1.55. The summed E-state index contributed by atoms with van der Waals surface area (Å²) < 4.78 is 0. The lowest BCUT2D eigenvalue weighted by Crippen LogP contribution is -2.23. The zero-order valence-corrected chi connectivity index (χ0v) is 12.8. The Kier molecular flexibility index (Phi) is 3.21. The molecular formula is C16H24N4. The van der Waals surface area contributed by atoms with E-state index in [0.29, 0.717) is 6.04 Å². The second-order valence-electron chi connectivity index (χ2n) is 6.96. The number of likely N-dealkylation sites (N-methyl/N-ethyl adjacent to an activating group) is 1. The molecule has 2 N–H and O–H groups in total. The summed E-state index contributed by atoms with van der Waals surface area (Å²) in [5.74, 6) is 1.05. The van der Waals surface area contributed by atoms with Crippen LogP contribution in [0.2, 0.25) is 0 Å². The van der Waals surface area contributed by atoms with Gasteiger partial charge in [0.25, 0.3) is 0 Å². The third-order valence-corrected chi connectivity index (χ3v) is 3.95. The molecule has 1 aromatic carbocycles. The smallest absolute Gasteiger partial charge is 0.112 e. The van der Waals surface area contributed by atoms with Crippen LogP contribution in [0.4, 0.5) is 5.69 Å². The molecule has 108 valence electrons. The van der Waals surface area contributed by atoms with Gasteiger partial charge in [0.05, 0.1) is 11.0 Å². The minimum Gasteiger partial charge on any atom is -0.381 e. The van der Waals surface area contributed by atoms with Crippen LogP contribution in [0.25, 0.3) is 11.0 Å². The van der Waals surface area contributed by atoms with Crippen LogP contribution >= 0.6 is 0 Å². The number of aromatic amines is 1. The molecule has 2 aromatic rings. The lowest BCUT2D eigenvalue weighted by molar-refractivity contribution is 0.414. The molecule has 1 atom stereocenters. The molecule has 20 heavy (non-hydrogen) atoms. The number of H-pyrrole nitrogens is 1. The van der Waals surface area contributed by atoms with E-state index in [1.54, 1.807) is 0 Å². The van der Waals surface area contributed by atoms with Crippen LogP contribution in [-0.2, 0) is 5.41 Å². The SMILES string of the molecule is CN1CCC(Nc2ccc3nc(C(C)(C)C)[nH]c3c2)C1. The van der Waals surface area contributed by atoms with Gasteiger partial charge in [-0.05, 0) is 38.2 Å². The van der Waals surface area contributed by atoms with Crippen molar-refractivity contribution in [3.05, 3.63) is 24.0 Å². The Morgan fingerprint density at radius 3 is 2.80 bits per heavy atom. The summed E-state index contributed by atoms with van der Waals surface area (Å²) in [6, 6.07) is 6.97. The number of rotatable bonds is 2. The predicted octanol–water partition coefficient (Wildman–Crippen LogP) is 2.98. The normalized spacial score (nSPS) is 20.7. The van der Waals surface area contributed by atoms with E-state index < -0.39 is 0 Å². The fourth-order valence-electron chi connectivity index (χ4n) is 2.74. The highest BCUT2D eigenvalue weighted by atomic mass is 15.2. The Labute approximate surface area is 120 Å². The van der Waals surface area contributed by atoms with E-state index in [9.17, 15) is 0 Å². The number of hydrogen-bond acceptors (Lipinski definition) is 3. The van der Waals surface area contributed by atoms with Crippen LogP contribution in [0, 0.1) is 0 Å². The van der Waals surface area contributed by atoms with Gasteiger partial charge in [-0.25, -0.2) is 4.98 Å². The van der Waals surface area contributed by atoms with Gasteiger partial charge in [0.1, 0.15) is 5.82 Å². The fraction of sp³-hybridized carbons (Fsp3) is 0.562. The average Bonchev–Trinajstić information content (AvgIpc) is 2.94. The van der Waals surface area contributed by atoms with E-state index >= 15 is 0 Å². The van der Waals surface area contributed by atoms with Gasteiger partial charge in [0, 0.05) is 23.7 Å². The van der Waals surface area contributed by atoms with Gasteiger partial charge in [-0.15, -0.1) is 0 Å². The number of fused-ring (bicyclic) bond motifs is 1. The molecule has 2 heterocycles. The standard InChI is InChI=1S/C16H24N4/c1-16(2,3)15-18-13-6-5-11(9-14(13)19-15)17-12-7-8-20(4)10-12/h5-6,9,12,17H,7-8,10H2,1-4H3,(H,18,19). The van der Waals surface area contributed by atoms with E-state index in [0.717, 1.165) is 23.4 Å². The molecule has 3 rings (SSSR count). The fourth-order valence-corrected chi connectivity index (χ4v) is 2.74. The summed E-state index contributed by atoms with van der Waals surface area (Å²) >= 11 is 0. The molecule has 4 heteroatoms. The summed E-state index contributed by atoms with van der Waals surface area (Å²) in [6.45, 7) is 8.83. The Morgan fingerprint density at radius 1 is 1.35 bits per heavy atom. The van der Waals surface area contributed by atoms with E-state index in [1.807, 2.05) is 0 Å². The molecule has 0 aliphatic carbocycles. The van der Waals surface area contributed by atoms with Crippen molar-refractivity contribution in [1.82, 2.24) is 14.9 Å². The zero-order chi connectivity index (χ0) is 14.3. The first-order valence-electron chi connectivity index (χ1n) is 7.37. The Morgan fingerprint density at radius 2 is 2.15 bits per heavy atom. The number of nitrogens with one attached hydrogen (secondary N) is 2. The maximum absolute atomic E-state index is 4.68. The van der Waals surface area contributed by atoms with Crippen molar-refractivity contribution >= 4 is 16.7 Å². The number of likely N-dealkylation sites (tertiary alicyclic amines) is 1. The van der Waals surface area contributed by atoms with E-state index in [4.69, 9.17) is 0 Å². The van der Waals surface area contributed by atoms with Crippen molar-refractivity contribution in [3.8, 4) is 0 Å². The van der Waals surface area contributed by atoms with Crippen molar-refractivity contribution in [3.63, 3.8) is 0 Å². The number of hydrogen-bond donors (Lipinski definition) is 2. The molecular weight excluding hydrogens is 248 g/mol.